The zero-order valence-electron chi connectivity index (χ0n) is 15.5. The molecule has 0 saturated carbocycles. The van der Waals surface area contributed by atoms with E-state index in [4.69, 9.17) is 4.42 Å². The van der Waals surface area contributed by atoms with Crippen LogP contribution in [-0.4, -0.2) is 78.4 Å². The van der Waals surface area contributed by atoms with E-state index in [1.54, 1.807) is 4.90 Å². The van der Waals surface area contributed by atoms with Crippen molar-refractivity contribution in [2.75, 3.05) is 45.8 Å². The molecule has 3 aliphatic heterocycles. The highest BCUT2D eigenvalue weighted by Crippen LogP contribution is 2.23. The van der Waals surface area contributed by atoms with Crippen molar-refractivity contribution in [3.05, 3.63) is 23.2 Å². The average molecular weight is 360 g/mol. The van der Waals surface area contributed by atoms with E-state index in [9.17, 15) is 9.59 Å². The summed E-state index contributed by atoms with van der Waals surface area (Å²) in [5.74, 6) is 1.26. The fraction of sp³-hybridized carbons (Fsp3) is 0.684. The van der Waals surface area contributed by atoms with Crippen LogP contribution in [0.25, 0.3) is 0 Å². The van der Waals surface area contributed by atoms with Crippen LogP contribution >= 0.6 is 0 Å². The molecule has 1 N–H and O–H groups in total. The molecule has 0 aromatic carbocycles. The minimum atomic E-state index is -0.230. The van der Waals surface area contributed by atoms with Crippen molar-refractivity contribution in [1.29, 1.82) is 0 Å². The molecule has 1 atom stereocenters. The van der Waals surface area contributed by atoms with Gasteiger partial charge >= 0.3 is 0 Å². The zero-order valence-corrected chi connectivity index (χ0v) is 15.5. The number of nitrogens with one attached hydrogen (secondary N) is 1. The smallest absolute Gasteiger partial charge is 0.289 e. The Kier molecular flexibility index (Phi) is 5.00. The molecule has 4 rings (SSSR count). The first kappa shape index (κ1) is 17.5. The SMILES string of the molecule is CCc1oc(C(=O)N2CCN3CCNC(=O)C3C2)cc1CN1CCCC1. The van der Waals surface area contributed by atoms with E-state index in [1.165, 1.54) is 12.8 Å². The number of furan rings is 1. The van der Waals surface area contributed by atoms with Crippen LogP contribution in [0.5, 0.6) is 0 Å². The standard InChI is InChI=1S/C19H28N4O3/c1-2-16-14(12-21-6-3-4-7-21)11-17(26-16)19(25)23-10-9-22-8-5-20-18(24)15(22)13-23/h11,15H,2-10,12-13H2,1H3,(H,20,24). The average Bonchev–Trinajstić information content (AvgIpc) is 3.31. The molecule has 0 radical (unpaired) electrons. The molecule has 0 bridgehead atoms. The van der Waals surface area contributed by atoms with Crippen molar-refractivity contribution >= 4 is 11.8 Å². The number of piperazine rings is 2. The molecule has 26 heavy (non-hydrogen) atoms. The second-order valence-electron chi connectivity index (χ2n) is 7.49. The van der Waals surface area contributed by atoms with Crippen LogP contribution in [0.3, 0.4) is 0 Å². The molecule has 3 aliphatic rings. The molecule has 3 saturated heterocycles. The largest absolute Gasteiger partial charge is 0.456 e. The summed E-state index contributed by atoms with van der Waals surface area (Å²) in [5.41, 5.74) is 1.13. The summed E-state index contributed by atoms with van der Waals surface area (Å²) in [6, 6.07) is 1.69. The van der Waals surface area contributed by atoms with Crippen LogP contribution in [0.2, 0.25) is 0 Å². The third kappa shape index (κ3) is 3.38. The molecule has 7 heteroatoms. The van der Waals surface area contributed by atoms with E-state index < -0.39 is 0 Å². The quantitative estimate of drug-likeness (QED) is 0.856. The number of aryl methyl sites for hydroxylation is 1. The predicted octanol–water partition coefficient (Wildman–Crippen LogP) is 0.694. The summed E-state index contributed by atoms with van der Waals surface area (Å²) in [6.07, 6.45) is 3.28. The van der Waals surface area contributed by atoms with E-state index in [0.29, 0.717) is 25.4 Å². The number of hydrogen-bond acceptors (Lipinski definition) is 5. The maximum absolute atomic E-state index is 13.0. The van der Waals surface area contributed by atoms with Crippen LogP contribution in [0, 0.1) is 0 Å². The Hall–Kier alpha value is -1.86. The lowest BCUT2D eigenvalue weighted by Crippen LogP contribution is -2.64. The van der Waals surface area contributed by atoms with Crippen molar-refractivity contribution < 1.29 is 14.0 Å². The number of rotatable bonds is 4. The number of amides is 2. The normalized spacial score (nSPS) is 24.6. The maximum Gasteiger partial charge on any atom is 0.289 e. The lowest BCUT2D eigenvalue weighted by molar-refractivity contribution is -0.131. The summed E-state index contributed by atoms with van der Waals surface area (Å²) < 4.78 is 5.92. The number of hydrogen-bond donors (Lipinski definition) is 1. The highest BCUT2D eigenvalue weighted by molar-refractivity contribution is 5.93. The van der Waals surface area contributed by atoms with Gasteiger partial charge in [-0.15, -0.1) is 0 Å². The Balaban J connectivity index is 1.47. The van der Waals surface area contributed by atoms with Gasteiger partial charge in [0.25, 0.3) is 5.91 Å². The minimum Gasteiger partial charge on any atom is -0.456 e. The molecule has 1 unspecified atom stereocenters. The minimum absolute atomic E-state index is 0.0252. The molecular formula is C19H28N4O3. The highest BCUT2D eigenvalue weighted by Gasteiger charge is 2.37. The molecule has 0 aliphatic carbocycles. The third-order valence-electron chi connectivity index (χ3n) is 5.80. The van der Waals surface area contributed by atoms with Crippen molar-refractivity contribution in [3.63, 3.8) is 0 Å². The van der Waals surface area contributed by atoms with Crippen LogP contribution in [0.1, 0.15) is 41.6 Å². The van der Waals surface area contributed by atoms with Gasteiger partial charge in [-0.05, 0) is 32.0 Å². The number of fused-ring (bicyclic) bond motifs is 1. The third-order valence-corrected chi connectivity index (χ3v) is 5.80. The predicted molar refractivity (Wildman–Crippen MR) is 96.9 cm³/mol. The Bertz CT molecular complexity index is 680. The van der Waals surface area contributed by atoms with Crippen molar-refractivity contribution in [1.82, 2.24) is 20.0 Å². The first-order chi connectivity index (χ1) is 12.7. The number of nitrogens with zero attached hydrogens (tertiary/aromatic N) is 3. The first-order valence-electron chi connectivity index (χ1n) is 9.80. The summed E-state index contributed by atoms with van der Waals surface area (Å²) in [6.45, 7) is 8.55. The second-order valence-corrected chi connectivity index (χ2v) is 7.49. The highest BCUT2D eigenvalue weighted by atomic mass is 16.4. The van der Waals surface area contributed by atoms with E-state index in [2.05, 4.69) is 22.0 Å². The molecule has 0 spiro atoms. The van der Waals surface area contributed by atoms with Crippen LogP contribution in [-0.2, 0) is 17.8 Å². The van der Waals surface area contributed by atoms with Gasteiger partial charge in [-0.3, -0.25) is 19.4 Å². The Labute approximate surface area is 154 Å². The van der Waals surface area contributed by atoms with Gasteiger partial charge in [-0.2, -0.15) is 0 Å². The van der Waals surface area contributed by atoms with E-state index in [0.717, 1.165) is 50.5 Å². The van der Waals surface area contributed by atoms with Crippen LogP contribution < -0.4 is 5.32 Å². The molecular weight excluding hydrogens is 332 g/mol. The number of carbonyl (C=O) groups excluding carboxylic acids is 2. The van der Waals surface area contributed by atoms with Crippen molar-refractivity contribution in [2.45, 2.75) is 38.8 Å². The monoisotopic (exact) mass is 360 g/mol. The van der Waals surface area contributed by atoms with Gasteiger partial charge in [-0.1, -0.05) is 6.92 Å². The molecule has 142 valence electrons. The van der Waals surface area contributed by atoms with E-state index in [-0.39, 0.29) is 17.9 Å². The van der Waals surface area contributed by atoms with Gasteiger partial charge in [0.2, 0.25) is 5.91 Å². The maximum atomic E-state index is 13.0. The topological polar surface area (TPSA) is 69.0 Å². The van der Waals surface area contributed by atoms with Gasteiger partial charge in [0.05, 0.1) is 0 Å². The van der Waals surface area contributed by atoms with Gasteiger partial charge < -0.3 is 14.6 Å². The summed E-state index contributed by atoms with van der Waals surface area (Å²) in [7, 11) is 0. The van der Waals surface area contributed by atoms with Crippen LogP contribution in [0.4, 0.5) is 0 Å². The molecule has 3 fully saturated rings. The summed E-state index contributed by atoms with van der Waals surface area (Å²) >= 11 is 0. The Morgan fingerprint density at radius 1 is 1.23 bits per heavy atom. The molecule has 1 aromatic heterocycles. The number of likely N-dealkylation sites (tertiary alicyclic amines) is 1. The van der Waals surface area contributed by atoms with Gasteiger partial charge in [0, 0.05) is 51.3 Å². The van der Waals surface area contributed by atoms with Crippen molar-refractivity contribution in [2.24, 2.45) is 0 Å². The Morgan fingerprint density at radius 3 is 2.81 bits per heavy atom. The summed E-state index contributed by atoms with van der Waals surface area (Å²) in [5, 5.41) is 2.90. The lowest BCUT2D eigenvalue weighted by Gasteiger charge is -2.42. The van der Waals surface area contributed by atoms with Gasteiger partial charge in [-0.25, -0.2) is 0 Å². The molecule has 1 aromatic rings. The fourth-order valence-electron chi connectivity index (χ4n) is 4.30. The van der Waals surface area contributed by atoms with E-state index in [1.807, 2.05) is 6.07 Å². The number of carbonyl (C=O) groups is 2. The molecule has 2 amide bonds. The first-order valence-corrected chi connectivity index (χ1v) is 9.80. The molecule has 7 nitrogen and oxygen atoms in total. The van der Waals surface area contributed by atoms with Gasteiger partial charge in [0.15, 0.2) is 5.76 Å². The van der Waals surface area contributed by atoms with Gasteiger partial charge in [0.1, 0.15) is 11.8 Å². The summed E-state index contributed by atoms with van der Waals surface area (Å²) in [4.78, 5) is 31.4. The second kappa shape index (κ2) is 7.40. The van der Waals surface area contributed by atoms with E-state index >= 15 is 0 Å². The Morgan fingerprint density at radius 2 is 2.04 bits per heavy atom. The lowest BCUT2D eigenvalue weighted by atomic mass is 10.1. The molecule has 4 heterocycles. The van der Waals surface area contributed by atoms with Crippen molar-refractivity contribution in [3.8, 4) is 0 Å². The zero-order chi connectivity index (χ0) is 18.1. The van der Waals surface area contributed by atoms with Crippen LogP contribution in [0.15, 0.2) is 10.5 Å². The fourth-order valence-corrected chi connectivity index (χ4v) is 4.30.